The van der Waals surface area contributed by atoms with Gasteiger partial charge in [0.1, 0.15) is 17.2 Å². The van der Waals surface area contributed by atoms with Gasteiger partial charge in [0.15, 0.2) is 0 Å². The number of piperazine rings is 1. The molecule has 1 spiro atoms. The van der Waals surface area contributed by atoms with E-state index >= 15 is 0 Å². The molecule has 8 heteroatoms. The van der Waals surface area contributed by atoms with E-state index < -0.39 is 0 Å². The molecule has 29 heavy (non-hydrogen) atoms. The SMILES string of the molecule is CCN1CCN(CCCN2CC3(CCN(c4ccnc(C)n4)CC3)OC2=O)CC1. The minimum Gasteiger partial charge on any atom is -0.441 e. The fourth-order valence-electron chi connectivity index (χ4n) is 4.70. The molecule has 4 rings (SSSR count). The Bertz CT molecular complexity index is 698. The highest BCUT2D eigenvalue weighted by molar-refractivity contribution is 5.70. The van der Waals surface area contributed by atoms with E-state index in [0.717, 1.165) is 96.4 Å². The third-order valence-corrected chi connectivity index (χ3v) is 6.62. The summed E-state index contributed by atoms with van der Waals surface area (Å²) in [5.41, 5.74) is -0.317. The lowest BCUT2D eigenvalue weighted by atomic mass is 9.91. The van der Waals surface area contributed by atoms with Gasteiger partial charge in [-0.1, -0.05) is 6.92 Å². The monoisotopic (exact) mass is 402 g/mol. The first-order valence-electron chi connectivity index (χ1n) is 11.0. The first-order valence-corrected chi connectivity index (χ1v) is 11.0. The number of aryl methyl sites for hydroxylation is 1. The highest BCUT2D eigenvalue weighted by atomic mass is 16.6. The maximum atomic E-state index is 12.5. The zero-order valence-electron chi connectivity index (χ0n) is 17.8. The fraction of sp³-hybridized carbons (Fsp3) is 0.762. The van der Waals surface area contributed by atoms with Crippen LogP contribution in [-0.2, 0) is 4.74 Å². The largest absolute Gasteiger partial charge is 0.441 e. The first kappa shape index (κ1) is 20.3. The number of hydrogen-bond donors (Lipinski definition) is 0. The fourth-order valence-corrected chi connectivity index (χ4v) is 4.70. The molecule has 3 aliphatic rings. The molecule has 0 unspecified atom stereocenters. The maximum absolute atomic E-state index is 12.5. The predicted octanol–water partition coefficient (Wildman–Crippen LogP) is 1.60. The van der Waals surface area contributed by atoms with Crippen LogP contribution >= 0.6 is 0 Å². The van der Waals surface area contributed by atoms with E-state index in [4.69, 9.17) is 4.74 Å². The maximum Gasteiger partial charge on any atom is 0.410 e. The van der Waals surface area contributed by atoms with E-state index in [-0.39, 0.29) is 11.7 Å². The van der Waals surface area contributed by atoms with Gasteiger partial charge in [0.05, 0.1) is 6.54 Å². The van der Waals surface area contributed by atoms with Crippen molar-refractivity contribution < 1.29 is 9.53 Å². The molecular formula is C21H34N6O2. The number of carbonyl (C=O) groups excluding carboxylic acids is 1. The van der Waals surface area contributed by atoms with Crippen molar-refractivity contribution in [2.45, 2.75) is 38.7 Å². The van der Waals surface area contributed by atoms with Crippen LogP contribution in [0.4, 0.5) is 10.6 Å². The van der Waals surface area contributed by atoms with Gasteiger partial charge < -0.3 is 24.3 Å². The van der Waals surface area contributed by atoms with Gasteiger partial charge in [-0.3, -0.25) is 0 Å². The summed E-state index contributed by atoms with van der Waals surface area (Å²) in [5, 5.41) is 0. The van der Waals surface area contributed by atoms with Gasteiger partial charge in [-0.25, -0.2) is 14.8 Å². The quantitative estimate of drug-likeness (QED) is 0.716. The molecule has 0 atom stereocenters. The minimum atomic E-state index is -0.317. The summed E-state index contributed by atoms with van der Waals surface area (Å²) < 4.78 is 5.89. The van der Waals surface area contributed by atoms with Gasteiger partial charge >= 0.3 is 6.09 Å². The standard InChI is InChI=1S/C21H34N6O2/c1-3-24-13-15-25(16-14-24)9-4-10-27-17-21(29-20(27)28)6-11-26(12-7-21)19-5-8-22-18(2)23-19/h5,8H,3-4,6-7,9-17H2,1-2H3. The summed E-state index contributed by atoms with van der Waals surface area (Å²) in [6.45, 7) is 14.2. The van der Waals surface area contributed by atoms with Gasteiger partial charge in [-0.15, -0.1) is 0 Å². The number of nitrogens with zero attached hydrogens (tertiary/aromatic N) is 6. The van der Waals surface area contributed by atoms with Crippen LogP contribution < -0.4 is 4.90 Å². The second kappa shape index (κ2) is 8.83. The molecule has 0 N–H and O–H groups in total. The van der Waals surface area contributed by atoms with Crippen molar-refractivity contribution in [3.8, 4) is 0 Å². The summed E-state index contributed by atoms with van der Waals surface area (Å²) >= 11 is 0. The van der Waals surface area contributed by atoms with Gasteiger partial charge in [0, 0.05) is 64.9 Å². The second-order valence-electron chi connectivity index (χ2n) is 8.55. The molecular weight excluding hydrogens is 368 g/mol. The van der Waals surface area contributed by atoms with E-state index in [1.807, 2.05) is 24.1 Å². The van der Waals surface area contributed by atoms with Crippen molar-refractivity contribution in [2.24, 2.45) is 0 Å². The van der Waals surface area contributed by atoms with Crippen LogP contribution in [0, 0.1) is 6.92 Å². The number of rotatable bonds is 6. The Morgan fingerprint density at radius 1 is 1.07 bits per heavy atom. The van der Waals surface area contributed by atoms with Crippen molar-refractivity contribution in [1.82, 2.24) is 24.7 Å². The molecule has 1 amide bonds. The number of ether oxygens (including phenoxy) is 1. The van der Waals surface area contributed by atoms with Crippen molar-refractivity contribution in [3.05, 3.63) is 18.1 Å². The molecule has 8 nitrogen and oxygen atoms in total. The van der Waals surface area contributed by atoms with Gasteiger partial charge in [0.25, 0.3) is 0 Å². The topological polar surface area (TPSA) is 65.0 Å². The lowest BCUT2D eigenvalue weighted by Gasteiger charge is -2.38. The lowest BCUT2D eigenvalue weighted by molar-refractivity contribution is 0.0366. The zero-order valence-corrected chi connectivity index (χ0v) is 17.8. The highest BCUT2D eigenvalue weighted by Gasteiger charge is 2.46. The summed E-state index contributed by atoms with van der Waals surface area (Å²) in [5.74, 6) is 1.76. The zero-order chi connectivity index (χ0) is 20.3. The Labute approximate surface area is 173 Å². The number of aromatic nitrogens is 2. The van der Waals surface area contributed by atoms with E-state index in [1.165, 1.54) is 0 Å². The highest BCUT2D eigenvalue weighted by Crippen LogP contribution is 2.34. The minimum absolute atomic E-state index is 0.132. The number of carbonyl (C=O) groups is 1. The summed E-state index contributed by atoms with van der Waals surface area (Å²) in [6, 6.07) is 1.96. The van der Waals surface area contributed by atoms with Crippen LogP contribution in [0.3, 0.4) is 0 Å². The third-order valence-electron chi connectivity index (χ3n) is 6.62. The van der Waals surface area contributed by atoms with Gasteiger partial charge in [-0.2, -0.15) is 0 Å². The molecule has 0 aliphatic carbocycles. The second-order valence-corrected chi connectivity index (χ2v) is 8.55. The van der Waals surface area contributed by atoms with E-state index in [0.29, 0.717) is 0 Å². The Morgan fingerprint density at radius 3 is 2.48 bits per heavy atom. The number of anilines is 1. The third kappa shape index (κ3) is 4.80. The average molecular weight is 403 g/mol. The first-order chi connectivity index (χ1) is 14.1. The normalized spacial score (nSPS) is 23.0. The van der Waals surface area contributed by atoms with Crippen molar-refractivity contribution in [3.63, 3.8) is 0 Å². The van der Waals surface area contributed by atoms with Crippen LogP contribution in [0.1, 0.15) is 32.0 Å². The van der Waals surface area contributed by atoms with Gasteiger partial charge in [-0.05, 0) is 32.5 Å². The van der Waals surface area contributed by atoms with E-state index in [1.54, 1.807) is 0 Å². The molecule has 0 aromatic carbocycles. The van der Waals surface area contributed by atoms with Crippen LogP contribution in [0.15, 0.2) is 12.3 Å². The van der Waals surface area contributed by atoms with E-state index in [9.17, 15) is 4.79 Å². The smallest absolute Gasteiger partial charge is 0.410 e. The molecule has 4 heterocycles. The molecule has 3 aliphatic heterocycles. The molecule has 3 fully saturated rings. The van der Waals surface area contributed by atoms with Crippen LogP contribution in [0.25, 0.3) is 0 Å². The Hall–Kier alpha value is -1.93. The van der Waals surface area contributed by atoms with Crippen molar-refractivity contribution >= 4 is 11.9 Å². The number of piperidine rings is 1. The Morgan fingerprint density at radius 2 is 1.79 bits per heavy atom. The number of likely N-dealkylation sites (N-methyl/N-ethyl adjacent to an activating group) is 1. The summed E-state index contributed by atoms with van der Waals surface area (Å²) in [6.07, 6.45) is 4.41. The molecule has 0 bridgehead atoms. The molecule has 3 saturated heterocycles. The molecule has 1 aromatic rings. The summed E-state index contributed by atoms with van der Waals surface area (Å²) in [4.78, 5) is 30.4. The van der Waals surface area contributed by atoms with Gasteiger partial charge in [0.2, 0.25) is 0 Å². The average Bonchev–Trinajstić information content (AvgIpc) is 3.04. The summed E-state index contributed by atoms with van der Waals surface area (Å²) in [7, 11) is 0. The van der Waals surface area contributed by atoms with Crippen LogP contribution in [0.5, 0.6) is 0 Å². The number of hydrogen-bond acceptors (Lipinski definition) is 7. The Balaban J connectivity index is 1.22. The van der Waals surface area contributed by atoms with E-state index in [2.05, 4.69) is 31.6 Å². The Kier molecular flexibility index (Phi) is 6.20. The lowest BCUT2D eigenvalue weighted by Crippen LogP contribution is -2.47. The van der Waals surface area contributed by atoms with Crippen LogP contribution in [0.2, 0.25) is 0 Å². The molecule has 0 radical (unpaired) electrons. The molecule has 1 aromatic heterocycles. The van der Waals surface area contributed by atoms with Crippen LogP contribution in [-0.4, -0.2) is 102 Å². The van der Waals surface area contributed by atoms with Crippen molar-refractivity contribution in [1.29, 1.82) is 0 Å². The molecule has 160 valence electrons. The molecule has 0 saturated carbocycles. The predicted molar refractivity (Wildman–Crippen MR) is 112 cm³/mol. The number of amides is 1. The van der Waals surface area contributed by atoms with Crippen molar-refractivity contribution in [2.75, 3.05) is 70.3 Å².